The number of fused-ring (bicyclic) bond motifs is 1. The molecule has 21 heavy (non-hydrogen) atoms. The molecule has 2 aliphatic rings. The summed E-state index contributed by atoms with van der Waals surface area (Å²) >= 11 is 0. The number of carbonyl (C=O) groups excluding carboxylic acids is 1. The van der Waals surface area contributed by atoms with Crippen LogP contribution in [0.25, 0.3) is 0 Å². The van der Waals surface area contributed by atoms with Crippen molar-refractivity contribution >= 4 is 5.91 Å². The van der Waals surface area contributed by atoms with Crippen molar-refractivity contribution in [2.24, 2.45) is 11.7 Å². The van der Waals surface area contributed by atoms with Crippen LogP contribution in [-0.4, -0.2) is 25.4 Å². The van der Waals surface area contributed by atoms with Gasteiger partial charge in [0.15, 0.2) is 6.29 Å². The fourth-order valence-corrected chi connectivity index (χ4v) is 3.21. The molecule has 0 bridgehead atoms. The van der Waals surface area contributed by atoms with Gasteiger partial charge in [0.2, 0.25) is 5.91 Å². The van der Waals surface area contributed by atoms with Gasteiger partial charge in [-0.15, -0.1) is 0 Å². The average Bonchev–Trinajstić information content (AvgIpc) is 2.53. The fourth-order valence-electron chi connectivity index (χ4n) is 3.21. The number of nitrogens with two attached hydrogens (primary N) is 1. The molecule has 1 saturated heterocycles. The van der Waals surface area contributed by atoms with Crippen LogP contribution in [0.5, 0.6) is 0 Å². The summed E-state index contributed by atoms with van der Waals surface area (Å²) in [5.74, 6) is 0.195. The standard InChI is InChI=1S/C17H23NO3/c18-17(19)15-7-6-13-9-12(4-5-14(13)10-15)11-21-16-3-1-2-8-20-16/h6-7,10,12,16H,1-5,8-9,11H2,(H2,18,19). The van der Waals surface area contributed by atoms with E-state index in [1.165, 1.54) is 17.5 Å². The smallest absolute Gasteiger partial charge is 0.248 e. The monoisotopic (exact) mass is 289 g/mol. The van der Waals surface area contributed by atoms with Crippen molar-refractivity contribution in [3.63, 3.8) is 0 Å². The molecule has 0 spiro atoms. The molecule has 2 atom stereocenters. The molecule has 2 unspecified atom stereocenters. The van der Waals surface area contributed by atoms with Gasteiger partial charge in [0.25, 0.3) is 0 Å². The number of amides is 1. The second-order valence-corrected chi connectivity index (χ2v) is 6.09. The van der Waals surface area contributed by atoms with Crippen LogP contribution < -0.4 is 5.73 Å². The van der Waals surface area contributed by atoms with Crippen LogP contribution >= 0.6 is 0 Å². The Labute approximate surface area is 125 Å². The number of ether oxygens (including phenoxy) is 2. The predicted octanol–water partition coefficient (Wildman–Crippen LogP) is 2.43. The van der Waals surface area contributed by atoms with E-state index in [0.29, 0.717) is 11.5 Å². The summed E-state index contributed by atoms with van der Waals surface area (Å²) < 4.78 is 11.5. The van der Waals surface area contributed by atoms with E-state index < -0.39 is 0 Å². The lowest BCUT2D eigenvalue weighted by molar-refractivity contribution is -0.169. The highest BCUT2D eigenvalue weighted by Gasteiger charge is 2.22. The molecule has 0 saturated carbocycles. The number of benzene rings is 1. The van der Waals surface area contributed by atoms with Gasteiger partial charge in [-0.25, -0.2) is 0 Å². The summed E-state index contributed by atoms with van der Waals surface area (Å²) in [5, 5.41) is 0. The molecule has 114 valence electrons. The van der Waals surface area contributed by atoms with E-state index in [0.717, 1.165) is 45.3 Å². The molecule has 4 heteroatoms. The Balaban J connectivity index is 1.55. The first kappa shape index (κ1) is 14.5. The number of rotatable bonds is 4. The van der Waals surface area contributed by atoms with E-state index in [9.17, 15) is 4.79 Å². The third kappa shape index (κ3) is 3.63. The van der Waals surface area contributed by atoms with Crippen LogP contribution in [0.1, 0.15) is 47.2 Å². The predicted molar refractivity (Wildman–Crippen MR) is 80.0 cm³/mol. The Morgan fingerprint density at radius 1 is 1.29 bits per heavy atom. The van der Waals surface area contributed by atoms with Gasteiger partial charge in [0.05, 0.1) is 6.61 Å². The summed E-state index contributed by atoms with van der Waals surface area (Å²) in [6.07, 6.45) is 6.48. The average molecular weight is 289 g/mol. The number of hydrogen-bond donors (Lipinski definition) is 1. The third-order valence-electron chi connectivity index (χ3n) is 4.48. The second kappa shape index (κ2) is 6.58. The first-order valence-corrected chi connectivity index (χ1v) is 7.87. The molecule has 3 rings (SSSR count). The van der Waals surface area contributed by atoms with Crippen LogP contribution in [0.2, 0.25) is 0 Å². The van der Waals surface area contributed by atoms with Gasteiger partial charge >= 0.3 is 0 Å². The molecule has 0 aromatic heterocycles. The van der Waals surface area contributed by atoms with E-state index in [1.54, 1.807) is 0 Å². The zero-order valence-electron chi connectivity index (χ0n) is 12.3. The van der Waals surface area contributed by atoms with Crippen molar-refractivity contribution in [3.05, 3.63) is 34.9 Å². The zero-order chi connectivity index (χ0) is 14.7. The van der Waals surface area contributed by atoms with Crippen molar-refractivity contribution in [3.8, 4) is 0 Å². The number of hydrogen-bond acceptors (Lipinski definition) is 3. The van der Waals surface area contributed by atoms with Gasteiger partial charge in [-0.1, -0.05) is 6.07 Å². The highest BCUT2D eigenvalue weighted by Crippen LogP contribution is 2.27. The Bertz CT molecular complexity index is 509. The zero-order valence-corrected chi connectivity index (χ0v) is 12.3. The fraction of sp³-hybridized carbons (Fsp3) is 0.588. The maximum atomic E-state index is 11.2. The van der Waals surface area contributed by atoms with Crippen molar-refractivity contribution in [2.75, 3.05) is 13.2 Å². The van der Waals surface area contributed by atoms with E-state index in [-0.39, 0.29) is 12.2 Å². The van der Waals surface area contributed by atoms with Gasteiger partial charge in [-0.3, -0.25) is 4.79 Å². The van der Waals surface area contributed by atoms with Crippen molar-refractivity contribution in [1.29, 1.82) is 0 Å². The van der Waals surface area contributed by atoms with Crippen molar-refractivity contribution in [2.45, 2.75) is 44.8 Å². The molecule has 2 N–H and O–H groups in total. The highest BCUT2D eigenvalue weighted by molar-refractivity contribution is 5.93. The number of primary amides is 1. The molecular formula is C17H23NO3. The second-order valence-electron chi connectivity index (χ2n) is 6.09. The lowest BCUT2D eigenvalue weighted by atomic mass is 9.83. The van der Waals surface area contributed by atoms with Gasteiger partial charge < -0.3 is 15.2 Å². The Morgan fingerprint density at radius 2 is 2.19 bits per heavy atom. The van der Waals surface area contributed by atoms with Crippen LogP contribution in [0, 0.1) is 5.92 Å². The molecule has 1 aromatic carbocycles. The van der Waals surface area contributed by atoms with Gasteiger partial charge in [-0.05, 0) is 67.7 Å². The van der Waals surface area contributed by atoms with Crippen LogP contribution in [0.15, 0.2) is 18.2 Å². The first-order chi connectivity index (χ1) is 10.2. The van der Waals surface area contributed by atoms with E-state index in [4.69, 9.17) is 15.2 Å². The maximum Gasteiger partial charge on any atom is 0.248 e. The SMILES string of the molecule is NC(=O)c1ccc2c(c1)CCC(COC1CCCCO1)C2. The normalized spacial score (nSPS) is 25.3. The minimum Gasteiger partial charge on any atom is -0.366 e. The van der Waals surface area contributed by atoms with E-state index >= 15 is 0 Å². The lowest BCUT2D eigenvalue weighted by Crippen LogP contribution is -2.27. The summed E-state index contributed by atoms with van der Waals surface area (Å²) in [6.45, 7) is 1.59. The number of carbonyl (C=O) groups is 1. The minimum absolute atomic E-state index is 0.00242. The van der Waals surface area contributed by atoms with Gasteiger partial charge in [-0.2, -0.15) is 0 Å². The highest BCUT2D eigenvalue weighted by atomic mass is 16.7. The molecule has 1 amide bonds. The van der Waals surface area contributed by atoms with Crippen molar-refractivity contribution < 1.29 is 14.3 Å². The molecule has 4 nitrogen and oxygen atoms in total. The van der Waals surface area contributed by atoms with E-state index in [2.05, 4.69) is 0 Å². The van der Waals surface area contributed by atoms with Crippen LogP contribution in [0.4, 0.5) is 0 Å². The summed E-state index contributed by atoms with van der Waals surface area (Å²) in [4.78, 5) is 11.2. The van der Waals surface area contributed by atoms with Crippen LogP contribution in [-0.2, 0) is 22.3 Å². The molecule has 1 heterocycles. The van der Waals surface area contributed by atoms with Gasteiger partial charge in [0, 0.05) is 12.2 Å². The molecule has 0 radical (unpaired) electrons. The summed E-state index contributed by atoms with van der Waals surface area (Å²) in [6, 6.07) is 5.81. The van der Waals surface area contributed by atoms with Gasteiger partial charge in [0.1, 0.15) is 0 Å². The summed E-state index contributed by atoms with van der Waals surface area (Å²) in [7, 11) is 0. The largest absolute Gasteiger partial charge is 0.366 e. The third-order valence-corrected chi connectivity index (χ3v) is 4.48. The molecule has 1 aromatic rings. The topological polar surface area (TPSA) is 61.6 Å². The Hall–Kier alpha value is -1.39. The van der Waals surface area contributed by atoms with E-state index in [1.807, 2.05) is 18.2 Å². The van der Waals surface area contributed by atoms with Crippen molar-refractivity contribution in [1.82, 2.24) is 0 Å². The maximum absolute atomic E-state index is 11.2. The van der Waals surface area contributed by atoms with Crippen LogP contribution in [0.3, 0.4) is 0 Å². The molecule has 1 aliphatic heterocycles. The molecular weight excluding hydrogens is 266 g/mol. The quantitative estimate of drug-likeness (QED) is 0.926. The first-order valence-electron chi connectivity index (χ1n) is 7.87. The minimum atomic E-state index is -0.349. The lowest BCUT2D eigenvalue weighted by Gasteiger charge is -2.28. The number of aryl methyl sites for hydroxylation is 1. The Morgan fingerprint density at radius 3 is 2.95 bits per heavy atom. The Kier molecular flexibility index (Phi) is 4.56. The molecule has 1 aliphatic carbocycles. The molecule has 1 fully saturated rings. The summed E-state index contributed by atoms with van der Waals surface area (Å²) in [5.41, 5.74) is 8.53.